The highest BCUT2D eigenvalue weighted by Crippen LogP contribution is 2.35. The summed E-state index contributed by atoms with van der Waals surface area (Å²) in [6, 6.07) is 21.5. The van der Waals surface area contributed by atoms with Gasteiger partial charge in [-0.3, -0.25) is 0 Å². The second-order valence-electron chi connectivity index (χ2n) is 13.2. The van der Waals surface area contributed by atoms with Crippen LogP contribution in [0.4, 0.5) is 0 Å². The lowest BCUT2D eigenvalue weighted by Crippen LogP contribution is -2.19. The van der Waals surface area contributed by atoms with E-state index < -0.39 is 0 Å². The first-order valence-corrected chi connectivity index (χ1v) is 20.2. The molecule has 0 aliphatic heterocycles. The van der Waals surface area contributed by atoms with Crippen molar-refractivity contribution in [2.45, 2.75) is 101 Å². The average Bonchev–Trinajstić information content (AvgIpc) is 3.17. The molecule has 0 spiro atoms. The Bertz CT molecular complexity index is 1450. The fourth-order valence-electron chi connectivity index (χ4n) is 4.75. The molecule has 0 aliphatic carbocycles. The Balaban J connectivity index is 0.00000186. The average molecular weight is 746 g/mol. The van der Waals surface area contributed by atoms with Crippen LogP contribution >= 0.6 is 0 Å². The van der Waals surface area contributed by atoms with Crippen molar-refractivity contribution in [3.8, 4) is 28.7 Å². The van der Waals surface area contributed by atoms with E-state index in [0.29, 0.717) is 65.4 Å². The number of hydrogen-bond acceptors (Lipinski definition) is 6. The first-order chi connectivity index (χ1) is 26.1. The van der Waals surface area contributed by atoms with Crippen molar-refractivity contribution in [2.75, 3.05) is 73.1 Å². The van der Waals surface area contributed by atoms with Crippen LogP contribution in [0.2, 0.25) is 0 Å². The van der Waals surface area contributed by atoms with Crippen LogP contribution in [0.5, 0.6) is 5.75 Å². The predicted octanol–water partition coefficient (Wildman–Crippen LogP) is 12.1. The summed E-state index contributed by atoms with van der Waals surface area (Å²) in [5, 5.41) is 2.30. The quantitative estimate of drug-likeness (QED) is 0.0615. The monoisotopic (exact) mass is 746 g/mol. The van der Waals surface area contributed by atoms with Gasteiger partial charge in [-0.1, -0.05) is 114 Å². The second-order valence-corrected chi connectivity index (χ2v) is 13.2. The highest BCUT2D eigenvalue weighted by molar-refractivity contribution is 6.00. The minimum absolute atomic E-state index is 0.486. The second kappa shape index (κ2) is 33.9. The smallest absolute Gasteiger partial charge is 0.127 e. The Labute approximate surface area is 331 Å². The summed E-state index contributed by atoms with van der Waals surface area (Å²) in [5.74, 6) is 7.43. The number of rotatable bonds is 21. The van der Waals surface area contributed by atoms with Gasteiger partial charge < -0.3 is 28.6 Å². The van der Waals surface area contributed by atoms with Gasteiger partial charge in [0.25, 0.3) is 0 Å². The summed E-state index contributed by atoms with van der Waals surface area (Å²) in [6.45, 7) is 30.3. The zero-order chi connectivity index (χ0) is 40.4. The molecule has 0 amide bonds. The number of hydrogen-bond donors (Lipinski definition) is 0. The van der Waals surface area contributed by atoms with Crippen LogP contribution in [0, 0.1) is 11.8 Å². The van der Waals surface area contributed by atoms with Crippen molar-refractivity contribution in [1.29, 1.82) is 0 Å². The maximum absolute atomic E-state index is 6.09. The van der Waals surface area contributed by atoms with Crippen LogP contribution in [0.3, 0.4) is 0 Å². The van der Waals surface area contributed by atoms with Crippen molar-refractivity contribution < 1.29 is 23.7 Å². The minimum Gasteiger partial charge on any atom is -0.491 e. The normalized spacial score (nSPS) is 10.6. The van der Waals surface area contributed by atoms with E-state index in [-0.39, 0.29) is 0 Å². The maximum Gasteiger partial charge on any atom is 0.127 e. The molecule has 54 heavy (non-hydrogen) atoms. The van der Waals surface area contributed by atoms with Gasteiger partial charge in [-0.05, 0) is 73.9 Å². The van der Waals surface area contributed by atoms with Gasteiger partial charge >= 0.3 is 0 Å². The molecule has 0 atom stereocenters. The van der Waals surface area contributed by atoms with Gasteiger partial charge in [0.15, 0.2) is 0 Å². The third-order valence-electron chi connectivity index (χ3n) is 7.64. The summed E-state index contributed by atoms with van der Waals surface area (Å²) in [7, 11) is 2.07. The molecule has 3 aromatic rings. The van der Waals surface area contributed by atoms with Crippen LogP contribution in [-0.2, 0) is 18.9 Å². The third kappa shape index (κ3) is 24.7. The number of likely N-dealkylation sites (N-methyl/N-ethyl adjacent to an activating group) is 1. The van der Waals surface area contributed by atoms with E-state index in [1.54, 1.807) is 0 Å². The number of unbranched alkanes of at least 4 members (excludes halogenated alkanes) is 1. The van der Waals surface area contributed by atoms with Crippen LogP contribution < -0.4 is 4.74 Å². The molecule has 0 aliphatic rings. The van der Waals surface area contributed by atoms with Crippen molar-refractivity contribution in [3.05, 3.63) is 90.2 Å². The van der Waals surface area contributed by atoms with Crippen LogP contribution in [0.25, 0.3) is 21.9 Å². The van der Waals surface area contributed by atoms with E-state index in [1.807, 2.05) is 27.7 Å². The zero-order valence-electron chi connectivity index (χ0n) is 36.0. The van der Waals surface area contributed by atoms with Gasteiger partial charge in [-0.2, -0.15) is 0 Å². The van der Waals surface area contributed by atoms with Gasteiger partial charge in [0, 0.05) is 31.8 Å². The summed E-state index contributed by atoms with van der Waals surface area (Å²) >= 11 is 0. The van der Waals surface area contributed by atoms with E-state index in [2.05, 4.69) is 139 Å². The third-order valence-corrected chi connectivity index (χ3v) is 7.64. The van der Waals surface area contributed by atoms with Gasteiger partial charge in [-0.15, -0.1) is 18.4 Å². The molecular formula is C48H75NO5. The zero-order valence-corrected chi connectivity index (χ0v) is 36.0. The molecule has 3 aromatic carbocycles. The largest absolute Gasteiger partial charge is 0.491 e. The van der Waals surface area contributed by atoms with Crippen molar-refractivity contribution in [2.24, 2.45) is 0 Å². The van der Waals surface area contributed by atoms with E-state index in [4.69, 9.17) is 23.7 Å². The minimum atomic E-state index is 0.486. The summed E-state index contributed by atoms with van der Waals surface area (Å²) < 4.78 is 28.6. The maximum atomic E-state index is 6.09. The number of ether oxygens (including phenoxy) is 5. The number of benzene rings is 3. The molecule has 0 saturated carbocycles. The molecule has 6 nitrogen and oxygen atoms in total. The number of allylic oxidation sites excluding steroid dienone is 2. The van der Waals surface area contributed by atoms with E-state index in [9.17, 15) is 0 Å². The Morgan fingerprint density at radius 3 is 1.72 bits per heavy atom. The van der Waals surface area contributed by atoms with Crippen molar-refractivity contribution in [3.63, 3.8) is 0 Å². The summed E-state index contributed by atoms with van der Waals surface area (Å²) in [5.41, 5.74) is 6.32. The van der Waals surface area contributed by atoms with E-state index >= 15 is 0 Å². The Hall–Kier alpha value is -3.60. The van der Waals surface area contributed by atoms with Crippen LogP contribution in [0.15, 0.2) is 84.6 Å². The summed E-state index contributed by atoms with van der Waals surface area (Å²) in [6.07, 6.45) is 6.49. The highest BCUT2D eigenvalue weighted by Gasteiger charge is 2.09. The Kier molecular flexibility index (Phi) is 31.7. The Morgan fingerprint density at radius 2 is 1.22 bits per heavy atom. The van der Waals surface area contributed by atoms with Crippen molar-refractivity contribution >= 4 is 10.8 Å². The molecule has 6 heteroatoms. The molecule has 302 valence electrons. The fraction of sp³-hybridized carbons (Fsp3) is 0.542. The molecule has 0 fully saturated rings. The first-order valence-electron chi connectivity index (χ1n) is 20.2. The molecule has 3 rings (SSSR count). The van der Waals surface area contributed by atoms with E-state index in [0.717, 1.165) is 36.9 Å². The first kappa shape index (κ1) is 50.4. The fourth-order valence-corrected chi connectivity index (χ4v) is 4.75. The lowest BCUT2D eigenvalue weighted by atomic mass is 9.95. The summed E-state index contributed by atoms with van der Waals surface area (Å²) in [4.78, 5) is 2.16. The molecular weight excluding hydrogens is 671 g/mol. The molecule has 0 saturated heterocycles. The topological polar surface area (TPSA) is 49.4 Å². The van der Waals surface area contributed by atoms with Gasteiger partial charge in [0.1, 0.15) is 12.4 Å². The van der Waals surface area contributed by atoms with Gasteiger partial charge in [-0.25, -0.2) is 0 Å². The van der Waals surface area contributed by atoms with Crippen LogP contribution in [-0.4, -0.2) is 78.0 Å². The van der Waals surface area contributed by atoms with Crippen LogP contribution in [0.1, 0.15) is 106 Å². The lowest BCUT2D eigenvalue weighted by Gasteiger charge is -2.15. The van der Waals surface area contributed by atoms with Gasteiger partial charge in [0.05, 0.1) is 52.9 Å². The number of nitrogens with zero attached hydrogens (tertiary/aromatic N) is 1. The highest BCUT2D eigenvalue weighted by atomic mass is 16.6. The van der Waals surface area contributed by atoms with E-state index in [1.165, 1.54) is 39.6 Å². The number of fused-ring (bicyclic) bond motifs is 1. The predicted molar refractivity (Wildman–Crippen MR) is 234 cm³/mol. The molecule has 0 radical (unpaired) electrons. The standard InChI is InChI=1S/C35H49NO5.C7H12.C4H8.C2H6/c1-6-29(4)27-36(5)17-18-37-19-20-38-21-22-39-23-24-40-25-26-41-35-16-15-32(33-9-7-8-10-34(33)35)31-13-11-30(12-14-31)28(2)3;1-3-5-7-6-4-2;1-4(2)3;1-2/h7-16,27-28H,6,17-26H2,1-5H3;3-5H2,1-2H3;1H2,2-3H3;1-2H3/b29-27+;;;. The molecule has 0 aromatic heterocycles. The lowest BCUT2D eigenvalue weighted by molar-refractivity contribution is -0.00527. The molecule has 0 N–H and O–H groups in total. The van der Waals surface area contributed by atoms with Crippen molar-refractivity contribution in [1.82, 2.24) is 4.90 Å². The molecule has 0 unspecified atom stereocenters. The SMILES string of the molecule is C=C(C)C.CC.CC/C(C)=C/N(C)CCOCCOCCOCCOCCOc1ccc(-c2ccc(C(C)C)cc2)c2ccccc12.CCC#CCCC. The van der Waals surface area contributed by atoms with Gasteiger partial charge in [0.2, 0.25) is 0 Å². The Morgan fingerprint density at radius 1 is 0.704 bits per heavy atom. The molecule has 0 bridgehead atoms. The molecule has 0 heterocycles.